The summed E-state index contributed by atoms with van der Waals surface area (Å²) >= 11 is 0. The second-order valence-corrected chi connectivity index (χ2v) is 7.75. The largest absolute Gasteiger partial charge is 0.0730 e. The molecule has 0 amide bonds. The van der Waals surface area contributed by atoms with Gasteiger partial charge in [0.05, 0.1) is 0 Å². The third-order valence-corrected chi connectivity index (χ3v) is 5.55. The predicted octanol–water partition coefficient (Wildman–Crippen LogP) is 7.60. The van der Waals surface area contributed by atoms with Crippen LogP contribution in [-0.4, -0.2) is 0 Å². The van der Waals surface area contributed by atoms with E-state index in [1.807, 2.05) is 6.08 Å². The molecule has 0 spiro atoms. The Bertz CT molecular complexity index is 598. The molecule has 1 aliphatic carbocycles. The molecule has 1 fully saturated rings. The van der Waals surface area contributed by atoms with E-state index < -0.39 is 0 Å². The summed E-state index contributed by atoms with van der Waals surface area (Å²) in [5.41, 5.74) is 2.66. The van der Waals surface area contributed by atoms with Gasteiger partial charge >= 0.3 is 0 Å². The topological polar surface area (TPSA) is 0 Å². The molecular weight excluding hydrogens is 312 g/mol. The molecule has 0 aromatic heterocycles. The molecule has 0 atom stereocenters. The zero-order valence-corrected chi connectivity index (χ0v) is 16.8. The number of hydrogen-bond acceptors (Lipinski definition) is 0. The molecule has 1 aromatic rings. The predicted molar refractivity (Wildman–Crippen MR) is 116 cm³/mol. The highest BCUT2D eigenvalue weighted by Gasteiger charge is 2.18. The fourth-order valence-electron chi connectivity index (χ4n) is 3.76. The van der Waals surface area contributed by atoms with Gasteiger partial charge in [0.15, 0.2) is 0 Å². The molecule has 1 saturated carbocycles. The number of benzene rings is 1. The molecule has 0 heteroatoms. The van der Waals surface area contributed by atoms with Gasteiger partial charge in [0.1, 0.15) is 0 Å². The number of rotatable bonds is 8. The van der Waals surface area contributed by atoms with Crippen LogP contribution in [0.25, 0.3) is 6.08 Å². The maximum Gasteiger partial charge on any atom is -0.0109 e. The lowest BCUT2D eigenvalue weighted by Crippen LogP contribution is -2.12. The van der Waals surface area contributed by atoms with Crippen LogP contribution in [0.1, 0.15) is 82.8 Å². The van der Waals surface area contributed by atoms with E-state index in [1.165, 1.54) is 75.3 Å². The van der Waals surface area contributed by atoms with Gasteiger partial charge in [-0.25, -0.2) is 0 Å². The molecule has 0 saturated heterocycles. The van der Waals surface area contributed by atoms with Crippen molar-refractivity contribution in [1.82, 2.24) is 0 Å². The molecule has 0 aliphatic heterocycles. The first-order chi connectivity index (χ1) is 12.8. The SMILES string of the molecule is CCCCc1ccc(C=CC#CC=C[C@H]2CC[C@H](CCCC)CC2)cc1. The average molecular weight is 349 g/mol. The first kappa shape index (κ1) is 20.6. The lowest BCUT2D eigenvalue weighted by atomic mass is 9.80. The number of hydrogen-bond donors (Lipinski definition) is 0. The first-order valence-corrected chi connectivity index (χ1v) is 10.7. The molecule has 0 nitrogen and oxygen atoms in total. The minimum atomic E-state index is 0.752. The average Bonchev–Trinajstić information content (AvgIpc) is 2.69. The van der Waals surface area contributed by atoms with E-state index in [9.17, 15) is 0 Å². The zero-order valence-electron chi connectivity index (χ0n) is 16.8. The minimum Gasteiger partial charge on any atom is -0.0730 e. The highest BCUT2D eigenvalue weighted by molar-refractivity contribution is 5.53. The summed E-state index contributed by atoms with van der Waals surface area (Å²) in [5.74, 6) is 8.05. The Labute approximate surface area is 161 Å². The summed E-state index contributed by atoms with van der Waals surface area (Å²) in [4.78, 5) is 0. The van der Waals surface area contributed by atoms with Gasteiger partial charge in [0, 0.05) is 0 Å². The summed E-state index contributed by atoms with van der Waals surface area (Å²) in [6, 6.07) is 8.85. The molecule has 1 aliphatic rings. The van der Waals surface area contributed by atoms with Crippen molar-refractivity contribution in [3.8, 4) is 11.8 Å². The molecule has 2 rings (SSSR count). The van der Waals surface area contributed by atoms with Crippen molar-refractivity contribution in [2.24, 2.45) is 11.8 Å². The Hall–Kier alpha value is -1.74. The molecule has 26 heavy (non-hydrogen) atoms. The van der Waals surface area contributed by atoms with E-state index in [2.05, 4.69) is 68.2 Å². The van der Waals surface area contributed by atoms with E-state index in [0.29, 0.717) is 0 Å². The molecular formula is C26H36. The fraction of sp³-hybridized carbons (Fsp3) is 0.538. The Balaban J connectivity index is 1.69. The van der Waals surface area contributed by atoms with Crippen LogP contribution in [0.4, 0.5) is 0 Å². The van der Waals surface area contributed by atoms with E-state index in [1.54, 1.807) is 0 Å². The van der Waals surface area contributed by atoms with Crippen LogP contribution in [0.5, 0.6) is 0 Å². The van der Waals surface area contributed by atoms with Gasteiger partial charge < -0.3 is 0 Å². The van der Waals surface area contributed by atoms with Gasteiger partial charge in [-0.2, -0.15) is 0 Å². The van der Waals surface area contributed by atoms with Crippen molar-refractivity contribution in [2.45, 2.75) is 78.1 Å². The van der Waals surface area contributed by atoms with Crippen LogP contribution in [0.2, 0.25) is 0 Å². The van der Waals surface area contributed by atoms with Crippen molar-refractivity contribution in [2.75, 3.05) is 0 Å². The second-order valence-electron chi connectivity index (χ2n) is 7.75. The first-order valence-electron chi connectivity index (χ1n) is 10.7. The number of aryl methyl sites for hydroxylation is 1. The Kier molecular flexibility index (Phi) is 9.96. The lowest BCUT2D eigenvalue weighted by Gasteiger charge is -2.26. The second kappa shape index (κ2) is 12.6. The van der Waals surface area contributed by atoms with Crippen LogP contribution in [-0.2, 0) is 6.42 Å². The number of allylic oxidation sites excluding steroid dienone is 3. The van der Waals surface area contributed by atoms with Crippen LogP contribution >= 0.6 is 0 Å². The molecule has 0 radical (unpaired) electrons. The van der Waals surface area contributed by atoms with E-state index in [-0.39, 0.29) is 0 Å². The number of unbranched alkanes of at least 4 members (excludes halogenated alkanes) is 2. The Morgan fingerprint density at radius 3 is 2.27 bits per heavy atom. The molecule has 1 aromatic carbocycles. The highest BCUT2D eigenvalue weighted by atomic mass is 14.2. The summed E-state index contributed by atoms with van der Waals surface area (Å²) in [7, 11) is 0. The fourth-order valence-corrected chi connectivity index (χ4v) is 3.76. The van der Waals surface area contributed by atoms with Gasteiger partial charge in [-0.15, -0.1) is 0 Å². The zero-order chi connectivity index (χ0) is 18.5. The van der Waals surface area contributed by atoms with Crippen LogP contribution in [0.15, 0.2) is 42.5 Å². The van der Waals surface area contributed by atoms with Crippen LogP contribution < -0.4 is 0 Å². The molecule has 0 unspecified atom stereocenters. The minimum absolute atomic E-state index is 0.752. The van der Waals surface area contributed by atoms with Crippen molar-refractivity contribution >= 4 is 6.08 Å². The van der Waals surface area contributed by atoms with Gasteiger partial charge in [-0.3, -0.25) is 0 Å². The normalized spacial score (nSPS) is 20.4. The third kappa shape index (κ3) is 8.09. The maximum atomic E-state index is 3.17. The van der Waals surface area contributed by atoms with Gasteiger partial charge in [-0.1, -0.05) is 81.7 Å². The molecule has 0 N–H and O–H groups in total. The molecule has 0 heterocycles. The standard InChI is InChI=1S/C26H36/c1-3-5-11-23-15-19-25(20-16-23)13-9-7-8-10-14-26-21-17-24(18-22-26)12-6-4-2/h9-10,13-16,19-20,24,26H,3-6,11-12,17-18,21-22H2,1-2H3/t24-,26-. The Morgan fingerprint density at radius 2 is 1.58 bits per heavy atom. The van der Waals surface area contributed by atoms with Gasteiger partial charge in [0.2, 0.25) is 0 Å². The van der Waals surface area contributed by atoms with Crippen molar-refractivity contribution in [3.63, 3.8) is 0 Å². The lowest BCUT2D eigenvalue weighted by molar-refractivity contribution is 0.291. The van der Waals surface area contributed by atoms with Crippen molar-refractivity contribution in [3.05, 3.63) is 53.6 Å². The van der Waals surface area contributed by atoms with Gasteiger partial charge in [-0.05, 0) is 79.7 Å². The Morgan fingerprint density at radius 1 is 0.885 bits per heavy atom. The van der Waals surface area contributed by atoms with Crippen LogP contribution in [0.3, 0.4) is 0 Å². The van der Waals surface area contributed by atoms with Crippen LogP contribution in [0, 0.1) is 23.7 Å². The summed E-state index contributed by atoms with van der Waals surface area (Å²) < 4.78 is 0. The quantitative estimate of drug-likeness (QED) is 0.424. The maximum absolute atomic E-state index is 3.17. The smallest absolute Gasteiger partial charge is 0.0109 e. The summed E-state index contributed by atoms with van der Waals surface area (Å²) in [6.45, 7) is 4.53. The highest BCUT2D eigenvalue weighted by Crippen LogP contribution is 2.32. The van der Waals surface area contributed by atoms with E-state index in [4.69, 9.17) is 0 Å². The third-order valence-electron chi connectivity index (χ3n) is 5.55. The monoisotopic (exact) mass is 348 g/mol. The van der Waals surface area contributed by atoms with E-state index >= 15 is 0 Å². The summed E-state index contributed by atoms with van der Waals surface area (Å²) in [5, 5.41) is 0. The van der Waals surface area contributed by atoms with Crippen molar-refractivity contribution < 1.29 is 0 Å². The summed E-state index contributed by atoms with van der Waals surface area (Å²) in [6.07, 6.45) is 21.9. The van der Waals surface area contributed by atoms with Gasteiger partial charge in [0.25, 0.3) is 0 Å². The van der Waals surface area contributed by atoms with Crippen molar-refractivity contribution in [1.29, 1.82) is 0 Å². The van der Waals surface area contributed by atoms with E-state index in [0.717, 1.165) is 11.8 Å². The molecule has 140 valence electrons. The molecule has 0 bridgehead atoms.